The maximum absolute atomic E-state index is 11.9. The molecule has 3 N–H and O–H groups in total. The first-order valence-corrected chi connectivity index (χ1v) is 7.57. The van der Waals surface area contributed by atoms with Gasteiger partial charge in [0, 0.05) is 5.56 Å². The van der Waals surface area contributed by atoms with Gasteiger partial charge >= 0.3 is 11.8 Å². The second-order valence-corrected chi connectivity index (χ2v) is 5.20. The fraction of sp³-hybridized carbons (Fsp3) is 0.167. The molecule has 2 aromatic carbocycles. The van der Waals surface area contributed by atoms with Crippen LogP contribution in [-0.2, 0) is 9.59 Å². The number of carbonyl (C=O) groups is 2. The number of phenolic OH excluding ortho intramolecular Hbond substituents is 1. The minimum atomic E-state index is -0.901. The van der Waals surface area contributed by atoms with Crippen LogP contribution in [-0.4, -0.2) is 30.2 Å². The fourth-order valence-corrected chi connectivity index (χ4v) is 2.11. The van der Waals surface area contributed by atoms with Gasteiger partial charge in [0.2, 0.25) is 0 Å². The smallest absolute Gasteiger partial charge is 0.329 e. The first-order chi connectivity index (χ1) is 12.0. The molecular weight excluding hydrogens is 322 g/mol. The van der Waals surface area contributed by atoms with Crippen LogP contribution in [0.25, 0.3) is 0 Å². The summed E-state index contributed by atoms with van der Waals surface area (Å²) in [5.74, 6) is -1.53. The number of benzene rings is 2. The molecule has 0 radical (unpaired) electrons. The molecule has 0 aliphatic heterocycles. The number of hydrogen-bond donors (Lipinski definition) is 3. The number of phenols is 1. The lowest BCUT2D eigenvalue weighted by molar-refractivity contribution is -0.139. The molecule has 0 fully saturated rings. The van der Waals surface area contributed by atoms with Gasteiger partial charge in [-0.1, -0.05) is 36.4 Å². The van der Waals surface area contributed by atoms with E-state index < -0.39 is 11.8 Å². The van der Waals surface area contributed by atoms with Crippen molar-refractivity contribution in [1.29, 1.82) is 0 Å². The molecule has 7 heteroatoms. The summed E-state index contributed by atoms with van der Waals surface area (Å²) in [6.45, 7) is 1.78. The maximum Gasteiger partial charge on any atom is 0.329 e. The van der Waals surface area contributed by atoms with Gasteiger partial charge in [0.15, 0.2) is 11.5 Å². The van der Waals surface area contributed by atoms with Crippen molar-refractivity contribution < 1.29 is 19.4 Å². The molecule has 0 aliphatic carbocycles. The molecule has 2 aromatic rings. The molecule has 2 rings (SSSR count). The normalized spacial score (nSPS) is 11.8. The summed E-state index contributed by atoms with van der Waals surface area (Å²) in [4.78, 5) is 23.7. The Morgan fingerprint density at radius 1 is 1.12 bits per heavy atom. The predicted molar refractivity (Wildman–Crippen MR) is 93.4 cm³/mol. The van der Waals surface area contributed by atoms with Crippen molar-refractivity contribution in [1.82, 2.24) is 10.7 Å². The van der Waals surface area contributed by atoms with Gasteiger partial charge in [0.1, 0.15) is 0 Å². The number of hydrazone groups is 1. The van der Waals surface area contributed by atoms with E-state index in [9.17, 15) is 14.7 Å². The third-order valence-electron chi connectivity index (χ3n) is 3.47. The Balaban J connectivity index is 1.92. The summed E-state index contributed by atoms with van der Waals surface area (Å²) in [6.07, 6.45) is 1.23. The number of ether oxygens (including phenoxy) is 1. The van der Waals surface area contributed by atoms with Gasteiger partial charge in [0.25, 0.3) is 0 Å². The molecule has 7 nitrogen and oxygen atoms in total. The Hall–Kier alpha value is -3.35. The predicted octanol–water partition coefficient (Wildman–Crippen LogP) is 1.73. The van der Waals surface area contributed by atoms with Gasteiger partial charge in [-0.2, -0.15) is 5.10 Å². The number of carbonyl (C=O) groups excluding carboxylic acids is 2. The second-order valence-electron chi connectivity index (χ2n) is 5.20. The van der Waals surface area contributed by atoms with Gasteiger partial charge in [0.05, 0.1) is 19.4 Å². The second kappa shape index (κ2) is 8.49. The average molecular weight is 341 g/mol. The van der Waals surface area contributed by atoms with E-state index in [4.69, 9.17) is 4.74 Å². The average Bonchev–Trinajstić information content (AvgIpc) is 2.63. The Morgan fingerprint density at radius 2 is 1.84 bits per heavy atom. The highest BCUT2D eigenvalue weighted by molar-refractivity contribution is 6.35. The van der Waals surface area contributed by atoms with Crippen molar-refractivity contribution in [3.63, 3.8) is 0 Å². The van der Waals surface area contributed by atoms with Crippen molar-refractivity contribution in [2.75, 3.05) is 7.11 Å². The van der Waals surface area contributed by atoms with Crippen LogP contribution in [0.1, 0.15) is 24.1 Å². The van der Waals surface area contributed by atoms with Gasteiger partial charge in [-0.15, -0.1) is 0 Å². The quantitative estimate of drug-likeness (QED) is 0.438. The van der Waals surface area contributed by atoms with Crippen molar-refractivity contribution in [3.05, 3.63) is 59.7 Å². The van der Waals surface area contributed by atoms with Crippen LogP contribution >= 0.6 is 0 Å². The lowest BCUT2D eigenvalue weighted by Crippen LogP contribution is -2.39. The highest BCUT2D eigenvalue weighted by Gasteiger charge is 2.16. The molecule has 0 spiro atoms. The standard InChI is InChI=1S/C18H19N3O4/c1-12(13-7-4-3-5-8-13)20-17(23)18(24)21-19-11-14-9-6-10-15(25-2)16(14)22/h3-12,22H,1-2H3,(H,20,23)(H,21,24)/b19-11+. The zero-order valence-corrected chi connectivity index (χ0v) is 13.9. The molecule has 0 saturated heterocycles. The van der Waals surface area contributed by atoms with Crippen molar-refractivity contribution in [3.8, 4) is 11.5 Å². The lowest BCUT2D eigenvalue weighted by atomic mass is 10.1. The van der Waals surface area contributed by atoms with Crippen LogP contribution in [0.5, 0.6) is 11.5 Å². The molecule has 0 saturated carbocycles. The van der Waals surface area contributed by atoms with E-state index in [0.717, 1.165) is 5.56 Å². The van der Waals surface area contributed by atoms with Crippen LogP contribution in [0, 0.1) is 0 Å². The van der Waals surface area contributed by atoms with Gasteiger partial charge < -0.3 is 15.2 Å². The topological polar surface area (TPSA) is 100 Å². The minimum absolute atomic E-state index is 0.106. The molecule has 0 aliphatic rings. The van der Waals surface area contributed by atoms with E-state index >= 15 is 0 Å². The summed E-state index contributed by atoms with van der Waals surface area (Å²) in [6, 6.07) is 13.8. The lowest BCUT2D eigenvalue weighted by Gasteiger charge is -2.13. The van der Waals surface area contributed by atoms with Gasteiger partial charge in [-0.25, -0.2) is 5.43 Å². The number of para-hydroxylation sites is 1. The summed E-state index contributed by atoms with van der Waals surface area (Å²) in [5.41, 5.74) is 3.35. The Kier molecular flexibility index (Phi) is 6.11. The highest BCUT2D eigenvalue weighted by Crippen LogP contribution is 2.27. The summed E-state index contributed by atoms with van der Waals surface area (Å²) < 4.78 is 4.97. The van der Waals surface area contributed by atoms with Crippen molar-refractivity contribution in [2.45, 2.75) is 13.0 Å². The zero-order valence-electron chi connectivity index (χ0n) is 13.9. The molecule has 0 bridgehead atoms. The fourth-order valence-electron chi connectivity index (χ4n) is 2.11. The van der Waals surface area contributed by atoms with Crippen LogP contribution in [0.4, 0.5) is 0 Å². The van der Waals surface area contributed by atoms with E-state index in [2.05, 4.69) is 15.8 Å². The molecule has 0 aromatic heterocycles. The molecular formula is C18H19N3O4. The molecule has 130 valence electrons. The maximum atomic E-state index is 11.9. The number of nitrogens with one attached hydrogen (secondary N) is 2. The van der Waals surface area contributed by atoms with E-state index in [1.54, 1.807) is 25.1 Å². The largest absolute Gasteiger partial charge is 0.504 e. The number of rotatable bonds is 5. The molecule has 1 unspecified atom stereocenters. The molecule has 1 atom stereocenters. The van der Waals surface area contributed by atoms with Crippen molar-refractivity contribution in [2.24, 2.45) is 5.10 Å². The number of aromatic hydroxyl groups is 1. The molecule has 25 heavy (non-hydrogen) atoms. The summed E-state index contributed by atoms with van der Waals surface area (Å²) >= 11 is 0. The Morgan fingerprint density at radius 3 is 2.52 bits per heavy atom. The number of amides is 2. The number of hydrogen-bond acceptors (Lipinski definition) is 5. The highest BCUT2D eigenvalue weighted by atomic mass is 16.5. The summed E-state index contributed by atoms with van der Waals surface area (Å²) in [5, 5.41) is 16.2. The minimum Gasteiger partial charge on any atom is -0.504 e. The Bertz CT molecular complexity index is 775. The van der Waals surface area contributed by atoms with Gasteiger partial charge in [-0.05, 0) is 24.6 Å². The molecule has 0 heterocycles. The van der Waals surface area contributed by atoms with Crippen LogP contribution < -0.4 is 15.5 Å². The van der Waals surface area contributed by atoms with Crippen LogP contribution in [0.3, 0.4) is 0 Å². The first kappa shape index (κ1) is 18.0. The molecule has 2 amide bonds. The first-order valence-electron chi connectivity index (χ1n) is 7.57. The number of methoxy groups -OCH3 is 1. The van der Waals surface area contributed by atoms with Gasteiger partial charge in [-0.3, -0.25) is 9.59 Å². The SMILES string of the molecule is COc1cccc(/C=N/NC(=O)C(=O)NC(C)c2ccccc2)c1O. The third-order valence-corrected chi connectivity index (χ3v) is 3.47. The van der Waals surface area contributed by atoms with E-state index in [1.807, 2.05) is 30.3 Å². The van der Waals surface area contributed by atoms with E-state index in [1.165, 1.54) is 13.3 Å². The Labute approximate surface area is 145 Å². The van der Waals surface area contributed by atoms with E-state index in [-0.39, 0.29) is 17.5 Å². The summed E-state index contributed by atoms with van der Waals surface area (Å²) in [7, 11) is 1.43. The third kappa shape index (κ3) is 4.81. The monoisotopic (exact) mass is 341 g/mol. The van der Waals surface area contributed by atoms with Crippen LogP contribution in [0.15, 0.2) is 53.6 Å². The van der Waals surface area contributed by atoms with Crippen molar-refractivity contribution >= 4 is 18.0 Å². The zero-order chi connectivity index (χ0) is 18.2. The van der Waals surface area contributed by atoms with E-state index in [0.29, 0.717) is 5.56 Å². The van der Waals surface area contributed by atoms with Crippen LogP contribution in [0.2, 0.25) is 0 Å². The number of nitrogens with zero attached hydrogens (tertiary/aromatic N) is 1.